The van der Waals surface area contributed by atoms with Crippen LogP contribution in [0.3, 0.4) is 0 Å². The van der Waals surface area contributed by atoms with Crippen LogP contribution in [0.25, 0.3) is 71.9 Å². The molecule has 0 radical (unpaired) electrons. The van der Waals surface area contributed by atoms with E-state index >= 15 is 0 Å². The summed E-state index contributed by atoms with van der Waals surface area (Å²) in [6, 6.07) is 29.8. The van der Waals surface area contributed by atoms with Crippen LogP contribution in [0.1, 0.15) is 0 Å². The molecular weight excluding hydrogens is 655 g/mol. The van der Waals surface area contributed by atoms with E-state index in [4.69, 9.17) is 14.4 Å². The van der Waals surface area contributed by atoms with Crippen LogP contribution in [-0.4, -0.2) is 14.7 Å². The van der Waals surface area contributed by atoms with E-state index in [2.05, 4.69) is 47.3 Å². The Morgan fingerprint density at radius 3 is 2.53 bits per heavy atom. The summed E-state index contributed by atoms with van der Waals surface area (Å²) >= 11 is 0. The fourth-order valence-corrected chi connectivity index (χ4v) is 5.44. The number of phenolic OH excluding ortho intramolecular Hbond substituents is 1. The number of aromatic nitrogens is 4. The molecule has 0 saturated heterocycles. The van der Waals surface area contributed by atoms with E-state index in [1.807, 2.05) is 54.1 Å². The summed E-state index contributed by atoms with van der Waals surface area (Å²) < 4.78 is 10.00. The Balaban J connectivity index is 0.00000242. The minimum Gasteiger partial charge on any atom is -0.661 e. The first kappa shape index (κ1) is 22.8. The Labute approximate surface area is 231 Å². The Hall–Kier alpha value is -4.41. The van der Waals surface area contributed by atoms with Crippen molar-refractivity contribution in [3.63, 3.8) is 0 Å². The largest absolute Gasteiger partial charge is 2.00 e. The first-order valence-corrected chi connectivity index (χ1v) is 12.1. The van der Waals surface area contributed by atoms with Gasteiger partial charge < -0.3 is 23.6 Å². The number of aryl methyl sites for hydroxylation is 1. The molecule has 0 aliphatic rings. The Kier molecular flexibility index (Phi) is 4.97. The Morgan fingerprint density at radius 1 is 0.842 bits per heavy atom. The molecule has 4 aromatic carbocycles. The van der Waals surface area contributed by atoms with Gasteiger partial charge in [0, 0.05) is 5.69 Å². The molecule has 0 amide bonds. The minimum atomic E-state index is 0. The monoisotopic (exact) mass is 674 g/mol. The maximum atomic E-state index is 10.5. The number of pyridine rings is 1. The van der Waals surface area contributed by atoms with Crippen LogP contribution in [0.15, 0.2) is 95.4 Å². The third-order valence-electron chi connectivity index (χ3n) is 7.13. The topological polar surface area (TPSA) is 69.2 Å². The van der Waals surface area contributed by atoms with Crippen molar-refractivity contribution in [3.05, 3.63) is 97.3 Å². The molecule has 0 aliphatic carbocycles. The molecule has 4 heterocycles. The first-order chi connectivity index (χ1) is 18.2. The summed E-state index contributed by atoms with van der Waals surface area (Å²) in [5.74, 6) is 0.157. The van der Waals surface area contributed by atoms with Gasteiger partial charge in [0.05, 0.1) is 29.2 Å². The van der Waals surface area contributed by atoms with Gasteiger partial charge in [-0.2, -0.15) is 0 Å². The summed E-state index contributed by atoms with van der Waals surface area (Å²) in [7, 11) is 2.01. The molecule has 8 rings (SSSR count). The molecule has 0 fully saturated rings. The minimum absolute atomic E-state index is 0. The summed E-state index contributed by atoms with van der Waals surface area (Å²) in [6.07, 6.45) is 3.44. The van der Waals surface area contributed by atoms with E-state index < -0.39 is 0 Å². The molecule has 4 aromatic heterocycles. The SMILES string of the molecule is Cn1[c-][n+](-c2cccc3c2[n-]c2c(-c4ccc5oc6cccc(O)c6c5n4)cccc23)c2ccccc21.[Pt+2]. The number of benzene rings is 4. The molecular formula is C31H19N4O2Pt+. The number of phenols is 1. The van der Waals surface area contributed by atoms with Gasteiger partial charge in [-0.3, -0.25) is 0 Å². The second-order valence-electron chi connectivity index (χ2n) is 9.27. The van der Waals surface area contributed by atoms with E-state index in [1.54, 1.807) is 12.1 Å². The van der Waals surface area contributed by atoms with Crippen molar-refractivity contribution >= 4 is 54.9 Å². The van der Waals surface area contributed by atoms with Crippen molar-refractivity contribution in [1.82, 2.24) is 14.5 Å². The van der Waals surface area contributed by atoms with Crippen LogP contribution in [0, 0.1) is 6.33 Å². The van der Waals surface area contributed by atoms with E-state index in [-0.39, 0.29) is 26.8 Å². The smallest absolute Gasteiger partial charge is 0.661 e. The van der Waals surface area contributed by atoms with Crippen LogP contribution in [-0.2, 0) is 28.1 Å². The van der Waals surface area contributed by atoms with Crippen molar-refractivity contribution < 1.29 is 35.2 Å². The summed E-state index contributed by atoms with van der Waals surface area (Å²) in [5.41, 5.74) is 8.54. The zero-order valence-corrected chi connectivity index (χ0v) is 22.4. The first-order valence-electron chi connectivity index (χ1n) is 12.1. The van der Waals surface area contributed by atoms with Crippen LogP contribution in [0.4, 0.5) is 0 Å². The van der Waals surface area contributed by atoms with Crippen molar-refractivity contribution in [2.75, 3.05) is 0 Å². The zero-order chi connectivity index (χ0) is 24.7. The number of fused-ring (bicyclic) bond motifs is 7. The van der Waals surface area contributed by atoms with Gasteiger partial charge in [-0.25, -0.2) is 4.98 Å². The van der Waals surface area contributed by atoms with Gasteiger partial charge in [0.25, 0.3) is 0 Å². The van der Waals surface area contributed by atoms with Gasteiger partial charge in [0.15, 0.2) is 5.58 Å². The quantitative estimate of drug-likeness (QED) is 0.176. The molecule has 0 unspecified atom stereocenters. The maximum Gasteiger partial charge on any atom is 2.00 e. The normalized spacial score (nSPS) is 11.7. The number of nitrogens with zero attached hydrogens (tertiary/aromatic N) is 4. The predicted molar refractivity (Wildman–Crippen MR) is 144 cm³/mol. The number of rotatable bonds is 2. The van der Waals surface area contributed by atoms with Crippen LogP contribution >= 0.6 is 0 Å². The average Bonchev–Trinajstić information content (AvgIpc) is 3.60. The van der Waals surface area contributed by atoms with E-state index in [0.717, 1.165) is 49.8 Å². The molecule has 184 valence electrons. The number of para-hydroxylation sites is 4. The molecule has 0 spiro atoms. The van der Waals surface area contributed by atoms with Crippen LogP contribution in [0.2, 0.25) is 0 Å². The van der Waals surface area contributed by atoms with Gasteiger partial charge in [-0.1, -0.05) is 66.7 Å². The molecule has 8 aromatic rings. The molecule has 0 saturated carbocycles. The van der Waals surface area contributed by atoms with E-state index in [1.165, 1.54) is 0 Å². The average molecular weight is 675 g/mol. The summed E-state index contributed by atoms with van der Waals surface area (Å²) in [4.78, 5) is 10.1. The fraction of sp³-hybridized carbons (Fsp3) is 0.0323. The van der Waals surface area contributed by atoms with E-state index in [9.17, 15) is 5.11 Å². The van der Waals surface area contributed by atoms with Gasteiger partial charge >= 0.3 is 21.1 Å². The third kappa shape index (κ3) is 3.10. The van der Waals surface area contributed by atoms with Crippen molar-refractivity contribution in [3.8, 4) is 22.7 Å². The summed E-state index contributed by atoms with van der Waals surface area (Å²) in [5, 5.41) is 13.3. The van der Waals surface area contributed by atoms with Gasteiger partial charge in [-0.05, 0) is 40.6 Å². The van der Waals surface area contributed by atoms with Gasteiger partial charge in [0.2, 0.25) is 6.33 Å². The molecule has 0 atom stereocenters. The van der Waals surface area contributed by atoms with E-state index in [0.29, 0.717) is 22.1 Å². The molecule has 6 nitrogen and oxygen atoms in total. The van der Waals surface area contributed by atoms with Crippen molar-refractivity contribution in [2.24, 2.45) is 7.05 Å². The Morgan fingerprint density at radius 2 is 1.63 bits per heavy atom. The third-order valence-corrected chi connectivity index (χ3v) is 7.13. The van der Waals surface area contributed by atoms with Gasteiger partial charge in [-0.15, -0.1) is 11.0 Å². The molecule has 0 bridgehead atoms. The Bertz CT molecular complexity index is 2190. The van der Waals surface area contributed by atoms with Crippen LogP contribution in [0.5, 0.6) is 5.75 Å². The second-order valence-corrected chi connectivity index (χ2v) is 9.27. The molecule has 7 heteroatoms. The number of hydrogen-bond acceptors (Lipinski definition) is 3. The fourth-order valence-electron chi connectivity index (χ4n) is 5.44. The van der Waals surface area contributed by atoms with Crippen molar-refractivity contribution in [2.45, 2.75) is 0 Å². The number of furan rings is 1. The van der Waals surface area contributed by atoms with Crippen molar-refractivity contribution in [1.29, 1.82) is 0 Å². The molecule has 0 aliphatic heterocycles. The number of imidazole rings is 1. The number of hydrogen-bond donors (Lipinski definition) is 1. The molecule has 38 heavy (non-hydrogen) atoms. The zero-order valence-electron chi connectivity index (χ0n) is 20.1. The standard InChI is InChI=1S/C31H19N4O2.Pt/c1-34-17-35(23-11-3-2-10-22(23)34)24-12-5-8-19-18-7-4-9-20(29(18)33-30(19)24)21-15-16-27-31(32-21)28-25(36)13-6-14-26(28)37-27;/h2-16H,1H3,(H-,32,33,36);/q-1;+2. The van der Waals surface area contributed by atoms with Gasteiger partial charge in [0.1, 0.15) is 16.8 Å². The maximum absolute atomic E-state index is 10.5. The number of aromatic hydroxyl groups is 1. The second kappa shape index (κ2) is 8.30. The van der Waals surface area contributed by atoms with Crippen LogP contribution < -0.4 is 9.55 Å². The predicted octanol–water partition coefficient (Wildman–Crippen LogP) is 6.18. The summed E-state index contributed by atoms with van der Waals surface area (Å²) in [6.45, 7) is 0. The molecule has 1 N–H and O–H groups in total.